The molecule has 0 radical (unpaired) electrons. The van der Waals surface area contributed by atoms with Crippen LogP contribution in [0.25, 0.3) is 0 Å². The van der Waals surface area contributed by atoms with Crippen LogP contribution in [0.1, 0.15) is 25.7 Å². The van der Waals surface area contributed by atoms with Crippen molar-refractivity contribution in [1.82, 2.24) is 10.6 Å². The van der Waals surface area contributed by atoms with Crippen LogP contribution in [0.5, 0.6) is 0 Å². The van der Waals surface area contributed by atoms with E-state index in [0.29, 0.717) is 5.92 Å². The Morgan fingerprint density at radius 1 is 1.08 bits per heavy atom. The summed E-state index contributed by atoms with van der Waals surface area (Å²) in [5.74, 6) is 0.303. The van der Waals surface area contributed by atoms with Crippen LogP contribution >= 0.6 is 0 Å². The van der Waals surface area contributed by atoms with Gasteiger partial charge in [-0.3, -0.25) is 0 Å². The molecular formula is C10H19FN2. The molecule has 2 heterocycles. The van der Waals surface area contributed by atoms with Crippen molar-refractivity contribution in [3.8, 4) is 0 Å². The van der Waals surface area contributed by atoms with Crippen LogP contribution in [-0.4, -0.2) is 31.8 Å². The Balaban J connectivity index is 1.83. The van der Waals surface area contributed by atoms with Crippen molar-refractivity contribution < 1.29 is 4.39 Å². The standard InChI is InChI=1S/C10H19FN2/c11-10(9-2-1-5-13-9)8-3-6-12-7-4-8/h8-10,12-13H,1-7H2. The highest BCUT2D eigenvalue weighted by Gasteiger charge is 2.31. The quantitative estimate of drug-likeness (QED) is 0.674. The molecule has 13 heavy (non-hydrogen) atoms. The predicted octanol–water partition coefficient (Wildman–Crippen LogP) is 1.08. The largest absolute Gasteiger partial charge is 0.317 e. The van der Waals surface area contributed by atoms with Gasteiger partial charge in [0.2, 0.25) is 0 Å². The van der Waals surface area contributed by atoms with E-state index in [1.807, 2.05) is 0 Å². The SMILES string of the molecule is FC(C1CCNCC1)C1CCCN1. The molecule has 2 rings (SSSR count). The molecule has 0 spiro atoms. The summed E-state index contributed by atoms with van der Waals surface area (Å²) in [4.78, 5) is 0. The van der Waals surface area contributed by atoms with Gasteiger partial charge in [-0.25, -0.2) is 4.39 Å². The van der Waals surface area contributed by atoms with E-state index >= 15 is 0 Å². The lowest BCUT2D eigenvalue weighted by Gasteiger charge is -2.29. The van der Waals surface area contributed by atoms with Gasteiger partial charge in [-0.15, -0.1) is 0 Å². The fraction of sp³-hybridized carbons (Fsp3) is 1.00. The number of nitrogens with one attached hydrogen (secondary N) is 2. The average molecular weight is 186 g/mol. The van der Waals surface area contributed by atoms with Gasteiger partial charge in [-0.1, -0.05) is 0 Å². The van der Waals surface area contributed by atoms with Crippen LogP contribution in [0, 0.1) is 5.92 Å². The maximum Gasteiger partial charge on any atom is 0.118 e. The van der Waals surface area contributed by atoms with Gasteiger partial charge < -0.3 is 10.6 Å². The van der Waals surface area contributed by atoms with Crippen LogP contribution in [-0.2, 0) is 0 Å². The maximum atomic E-state index is 13.9. The van der Waals surface area contributed by atoms with E-state index in [-0.39, 0.29) is 6.04 Å². The first kappa shape index (κ1) is 9.41. The zero-order valence-electron chi connectivity index (χ0n) is 8.06. The van der Waals surface area contributed by atoms with E-state index in [0.717, 1.165) is 45.3 Å². The predicted molar refractivity (Wildman–Crippen MR) is 51.5 cm³/mol. The van der Waals surface area contributed by atoms with Gasteiger partial charge in [0.05, 0.1) is 0 Å². The molecule has 2 aliphatic heterocycles. The van der Waals surface area contributed by atoms with Gasteiger partial charge in [0.1, 0.15) is 6.17 Å². The summed E-state index contributed by atoms with van der Waals surface area (Å²) in [6.45, 7) is 3.01. The first-order chi connectivity index (χ1) is 6.38. The zero-order chi connectivity index (χ0) is 9.10. The van der Waals surface area contributed by atoms with Gasteiger partial charge >= 0.3 is 0 Å². The topological polar surface area (TPSA) is 24.1 Å². The summed E-state index contributed by atoms with van der Waals surface area (Å²) in [7, 11) is 0. The Morgan fingerprint density at radius 3 is 2.46 bits per heavy atom. The third-order valence-corrected chi connectivity index (χ3v) is 3.32. The van der Waals surface area contributed by atoms with Gasteiger partial charge in [0.15, 0.2) is 0 Å². The van der Waals surface area contributed by atoms with Crippen LogP contribution in [0.4, 0.5) is 4.39 Å². The summed E-state index contributed by atoms with van der Waals surface area (Å²) in [6, 6.07) is 0.156. The summed E-state index contributed by atoms with van der Waals surface area (Å²) in [5, 5.41) is 6.53. The lowest BCUT2D eigenvalue weighted by atomic mass is 9.89. The van der Waals surface area contributed by atoms with Crippen molar-refractivity contribution in [2.45, 2.75) is 37.9 Å². The van der Waals surface area contributed by atoms with Gasteiger partial charge in [-0.05, 0) is 51.2 Å². The molecule has 2 nitrogen and oxygen atoms in total. The van der Waals surface area contributed by atoms with E-state index in [1.165, 1.54) is 0 Å². The smallest absolute Gasteiger partial charge is 0.118 e. The molecule has 3 heteroatoms. The molecule has 2 unspecified atom stereocenters. The Morgan fingerprint density at radius 2 is 1.85 bits per heavy atom. The van der Waals surface area contributed by atoms with Crippen LogP contribution in [0.2, 0.25) is 0 Å². The second-order valence-corrected chi connectivity index (χ2v) is 4.23. The minimum atomic E-state index is -0.607. The van der Waals surface area contributed by atoms with Crippen molar-refractivity contribution in [3.63, 3.8) is 0 Å². The molecule has 0 aliphatic carbocycles. The molecule has 0 aromatic carbocycles. The minimum absolute atomic E-state index is 0.156. The number of piperidine rings is 1. The van der Waals surface area contributed by atoms with Crippen LogP contribution in [0.3, 0.4) is 0 Å². The number of halogens is 1. The van der Waals surface area contributed by atoms with Crippen molar-refractivity contribution in [1.29, 1.82) is 0 Å². The Bertz CT molecular complexity index is 151. The van der Waals surface area contributed by atoms with Crippen molar-refractivity contribution in [2.75, 3.05) is 19.6 Å². The Hall–Kier alpha value is -0.150. The lowest BCUT2D eigenvalue weighted by molar-refractivity contribution is 0.150. The van der Waals surface area contributed by atoms with E-state index in [4.69, 9.17) is 0 Å². The normalized spacial score (nSPS) is 33.5. The van der Waals surface area contributed by atoms with Crippen molar-refractivity contribution in [2.24, 2.45) is 5.92 Å². The highest BCUT2D eigenvalue weighted by Crippen LogP contribution is 2.25. The fourth-order valence-corrected chi connectivity index (χ4v) is 2.47. The molecular weight excluding hydrogens is 167 g/mol. The molecule has 0 saturated carbocycles. The molecule has 0 bridgehead atoms. The second kappa shape index (κ2) is 4.38. The molecule has 0 amide bonds. The maximum absolute atomic E-state index is 13.9. The summed E-state index contributed by atoms with van der Waals surface area (Å²) >= 11 is 0. The number of hydrogen-bond acceptors (Lipinski definition) is 2. The minimum Gasteiger partial charge on any atom is -0.317 e. The average Bonchev–Trinajstić information content (AvgIpc) is 2.71. The number of hydrogen-bond donors (Lipinski definition) is 2. The summed E-state index contributed by atoms with van der Waals surface area (Å²) < 4.78 is 13.9. The van der Waals surface area contributed by atoms with Crippen molar-refractivity contribution >= 4 is 0 Å². The Kier molecular flexibility index (Phi) is 3.17. The van der Waals surface area contributed by atoms with Gasteiger partial charge in [0.25, 0.3) is 0 Å². The number of rotatable bonds is 2. The molecule has 2 atom stereocenters. The molecule has 2 fully saturated rings. The molecule has 0 aromatic rings. The summed E-state index contributed by atoms with van der Waals surface area (Å²) in [5.41, 5.74) is 0. The van der Waals surface area contributed by atoms with E-state index in [1.54, 1.807) is 0 Å². The third-order valence-electron chi connectivity index (χ3n) is 3.32. The second-order valence-electron chi connectivity index (χ2n) is 4.23. The highest BCUT2D eigenvalue weighted by molar-refractivity contribution is 4.87. The van der Waals surface area contributed by atoms with Crippen LogP contribution < -0.4 is 10.6 Å². The monoisotopic (exact) mass is 186 g/mol. The zero-order valence-corrected chi connectivity index (χ0v) is 8.06. The van der Waals surface area contributed by atoms with Gasteiger partial charge in [-0.2, -0.15) is 0 Å². The van der Waals surface area contributed by atoms with Crippen LogP contribution in [0.15, 0.2) is 0 Å². The van der Waals surface area contributed by atoms with Gasteiger partial charge in [0, 0.05) is 6.04 Å². The number of alkyl halides is 1. The third kappa shape index (κ3) is 2.20. The summed E-state index contributed by atoms with van der Waals surface area (Å²) in [6.07, 6.45) is 3.60. The molecule has 2 N–H and O–H groups in total. The molecule has 2 saturated heterocycles. The first-order valence-electron chi connectivity index (χ1n) is 5.46. The van der Waals surface area contributed by atoms with E-state index < -0.39 is 6.17 Å². The van der Waals surface area contributed by atoms with E-state index in [2.05, 4.69) is 10.6 Å². The molecule has 76 valence electrons. The molecule has 2 aliphatic rings. The molecule has 0 aromatic heterocycles. The van der Waals surface area contributed by atoms with E-state index in [9.17, 15) is 4.39 Å². The highest BCUT2D eigenvalue weighted by atomic mass is 19.1. The fourth-order valence-electron chi connectivity index (χ4n) is 2.47. The van der Waals surface area contributed by atoms with Crippen molar-refractivity contribution in [3.05, 3.63) is 0 Å². The Labute approximate surface area is 79.3 Å². The first-order valence-corrected chi connectivity index (χ1v) is 5.46. The lowest BCUT2D eigenvalue weighted by Crippen LogP contribution is -2.41.